The first-order valence-electron chi connectivity index (χ1n) is 18.1. The van der Waals surface area contributed by atoms with Crippen LogP contribution >= 0.6 is 0 Å². The topological polar surface area (TPSA) is 30.2 Å². The van der Waals surface area contributed by atoms with Gasteiger partial charge in [-0.15, -0.1) is 0 Å². The third-order valence-corrected chi connectivity index (χ3v) is 11.3. The van der Waals surface area contributed by atoms with E-state index in [1.54, 1.807) is 6.20 Å². The van der Waals surface area contributed by atoms with Gasteiger partial charge in [0.05, 0.1) is 5.69 Å². The summed E-state index contributed by atoms with van der Waals surface area (Å²) in [5, 5.41) is 18.1. The van der Waals surface area contributed by atoms with Crippen LogP contribution in [0.15, 0.2) is 176 Å². The summed E-state index contributed by atoms with van der Waals surface area (Å²) < 4.78 is 1.95. The molecule has 2 heterocycles. The van der Waals surface area contributed by atoms with Crippen molar-refractivity contribution < 1.29 is 0 Å². The Morgan fingerprint density at radius 2 is 0.849 bits per heavy atom. The van der Waals surface area contributed by atoms with E-state index in [0.29, 0.717) is 5.78 Å². The van der Waals surface area contributed by atoms with Gasteiger partial charge in [0.15, 0.2) is 0 Å². The number of hydrogen-bond acceptors (Lipinski definition) is 2. The van der Waals surface area contributed by atoms with Crippen molar-refractivity contribution in [3.63, 3.8) is 0 Å². The molecule has 0 saturated carbocycles. The van der Waals surface area contributed by atoms with Crippen molar-refractivity contribution in [3.05, 3.63) is 176 Å². The molecule has 0 aliphatic heterocycles. The molecule has 0 N–H and O–H groups in total. The molecule has 0 fully saturated rings. The van der Waals surface area contributed by atoms with Crippen LogP contribution in [0.2, 0.25) is 0 Å². The van der Waals surface area contributed by atoms with Gasteiger partial charge in [0.25, 0.3) is 0 Å². The van der Waals surface area contributed by atoms with E-state index in [9.17, 15) is 0 Å². The van der Waals surface area contributed by atoms with Crippen molar-refractivity contribution in [1.29, 1.82) is 0 Å². The van der Waals surface area contributed by atoms with E-state index >= 15 is 0 Å². The van der Waals surface area contributed by atoms with Crippen LogP contribution in [0.25, 0.3) is 115 Å². The molecule has 3 nitrogen and oxygen atoms in total. The molecule has 12 rings (SSSR count). The van der Waals surface area contributed by atoms with Crippen LogP contribution in [0.1, 0.15) is 0 Å². The normalized spacial score (nSPS) is 12.2. The first kappa shape index (κ1) is 28.6. The van der Waals surface area contributed by atoms with Crippen molar-refractivity contribution in [2.75, 3.05) is 0 Å². The fraction of sp³-hybridized carbons (Fsp3) is 0. The highest BCUT2D eigenvalue weighted by Gasteiger charge is 2.16. The van der Waals surface area contributed by atoms with Gasteiger partial charge in [-0.1, -0.05) is 127 Å². The van der Waals surface area contributed by atoms with E-state index in [0.717, 1.165) is 11.3 Å². The van der Waals surface area contributed by atoms with Gasteiger partial charge < -0.3 is 0 Å². The van der Waals surface area contributed by atoms with E-state index < -0.39 is 0 Å². The van der Waals surface area contributed by atoms with Crippen molar-refractivity contribution in [1.82, 2.24) is 14.4 Å². The Morgan fingerprint density at radius 3 is 1.47 bits per heavy atom. The van der Waals surface area contributed by atoms with Crippen LogP contribution in [0, 0.1) is 0 Å². The fourth-order valence-corrected chi connectivity index (χ4v) is 8.86. The summed E-state index contributed by atoms with van der Waals surface area (Å²) in [6.07, 6.45) is 5.77. The number of benzene rings is 9. The minimum Gasteiger partial charge on any atom is -0.291 e. The molecule has 2 aromatic heterocycles. The summed E-state index contributed by atoms with van der Waals surface area (Å²) in [6.45, 7) is 0. The highest BCUT2D eigenvalue weighted by molar-refractivity contribution is 6.37. The van der Waals surface area contributed by atoms with Gasteiger partial charge in [-0.2, -0.15) is 0 Å². The summed E-state index contributed by atoms with van der Waals surface area (Å²) in [4.78, 5) is 9.05. The lowest BCUT2D eigenvalue weighted by Crippen LogP contribution is -1.89. The van der Waals surface area contributed by atoms with Crippen LogP contribution < -0.4 is 0 Å². The lowest BCUT2D eigenvalue weighted by atomic mass is 9.86. The molecule has 0 spiro atoms. The van der Waals surface area contributed by atoms with Gasteiger partial charge >= 0.3 is 0 Å². The molecule has 0 amide bonds. The van der Waals surface area contributed by atoms with E-state index in [4.69, 9.17) is 4.98 Å². The Morgan fingerprint density at radius 1 is 0.358 bits per heavy atom. The summed E-state index contributed by atoms with van der Waals surface area (Å²) >= 11 is 0. The van der Waals surface area contributed by atoms with Crippen LogP contribution in [0.3, 0.4) is 0 Å². The van der Waals surface area contributed by atoms with Gasteiger partial charge in [0, 0.05) is 24.2 Å². The monoisotopic (exact) mass is 671 g/mol. The lowest BCUT2D eigenvalue weighted by molar-refractivity contribution is 1.11. The number of rotatable bonds is 3. The largest absolute Gasteiger partial charge is 0.291 e. The lowest BCUT2D eigenvalue weighted by Gasteiger charge is -2.17. The summed E-state index contributed by atoms with van der Waals surface area (Å²) in [5.74, 6) is 0.706. The molecular formula is C50H29N3. The molecule has 0 bridgehead atoms. The Hall–Kier alpha value is -7.10. The second-order valence-electron chi connectivity index (χ2n) is 14.3. The van der Waals surface area contributed by atoms with E-state index in [-0.39, 0.29) is 0 Å². The Balaban J connectivity index is 1.02. The molecule has 0 radical (unpaired) electrons. The zero-order valence-electron chi connectivity index (χ0n) is 28.6. The predicted octanol–water partition coefficient (Wildman–Crippen LogP) is 13.2. The number of fused-ring (bicyclic) bond motifs is 4. The average Bonchev–Trinajstić information content (AvgIpc) is 3.66. The second kappa shape index (κ2) is 10.7. The second-order valence-corrected chi connectivity index (χ2v) is 14.3. The van der Waals surface area contributed by atoms with Crippen LogP contribution in [-0.4, -0.2) is 14.4 Å². The number of hydrogen-bond donors (Lipinski definition) is 0. The third-order valence-electron chi connectivity index (χ3n) is 11.3. The van der Waals surface area contributed by atoms with Crippen LogP contribution in [0.5, 0.6) is 0 Å². The van der Waals surface area contributed by atoms with Gasteiger partial charge in [-0.05, 0) is 128 Å². The highest BCUT2D eigenvalue weighted by atomic mass is 15.1. The van der Waals surface area contributed by atoms with Gasteiger partial charge in [-0.3, -0.25) is 4.40 Å². The smallest absolute Gasteiger partial charge is 0.234 e. The molecule has 0 unspecified atom stereocenters. The minimum atomic E-state index is 0.706. The van der Waals surface area contributed by atoms with Crippen LogP contribution in [-0.2, 0) is 0 Å². The summed E-state index contributed by atoms with van der Waals surface area (Å²) in [6, 6.07) is 58.6. The first-order valence-corrected chi connectivity index (χ1v) is 18.1. The SMILES string of the molecule is c1cc2ccc3cccc4c5cc(-c6ccc7cc(-c8ccc(-c9cn%10cccnc%10n9)cc8)ccc7c6)cc6ccc7cccc(c(c1)c2c34)c7c65. The molecule has 0 aliphatic carbocycles. The molecule has 0 aliphatic rings. The molecule has 244 valence electrons. The first-order chi connectivity index (χ1) is 26.2. The zero-order chi connectivity index (χ0) is 34.6. The van der Waals surface area contributed by atoms with E-state index in [1.165, 1.54) is 97.7 Å². The quantitative estimate of drug-likeness (QED) is 0.175. The zero-order valence-corrected chi connectivity index (χ0v) is 28.6. The fourth-order valence-electron chi connectivity index (χ4n) is 8.86. The van der Waals surface area contributed by atoms with Crippen LogP contribution in [0.4, 0.5) is 0 Å². The van der Waals surface area contributed by atoms with Gasteiger partial charge in [-0.25, -0.2) is 9.97 Å². The van der Waals surface area contributed by atoms with Crippen molar-refractivity contribution >= 4 is 81.2 Å². The standard InChI is InChI=1S/C50H29N3/c1-5-32-15-16-33-7-3-10-43-44-28-40(27-39-22-17-34-6-2-9-42(47(34)49(39)44)41(8-1)46(32)48(33)43)38-21-20-36-25-35(18-19-37(36)26-38)30-11-13-31(14-12-30)45-29-53-24-4-23-51-50(53)52-45/h1-29H. The molecule has 3 heteroatoms. The number of aromatic nitrogens is 3. The molecule has 12 aromatic rings. The molecule has 0 atom stereocenters. The predicted molar refractivity (Wildman–Crippen MR) is 223 cm³/mol. The maximum Gasteiger partial charge on any atom is 0.234 e. The Bertz CT molecular complexity index is 3410. The average molecular weight is 672 g/mol. The molecule has 0 saturated heterocycles. The minimum absolute atomic E-state index is 0.706. The maximum absolute atomic E-state index is 4.69. The maximum atomic E-state index is 4.69. The summed E-state index contributed by atoms with van der Waals surface area (Å²) in [5.41, 5.74) is 6.82. The number of imidazole rings is 1. The molecule has 53 heavy (non-hydrogen) atoms. The van der Waals surface area contributed by atoms with E-state index in [2.05, 4.69) is 157 Å². The highest BCUT2D eigenvalue weighted by Crippen LogP contribution is 2.44. The van der Waals surface area contributed by atoms with Crippen molar-refractivity contribution in [2.24, 2.45) is 0 Å². The summed E-state index contributed by atoms with van der Waals surface area (Å²) in [7, 11) is 0. The van der Waals surface area contributed by atoms with Crippen molar-refractivity contribution in [3.8, 4) is 33.5 Å². The third kappa shape index (κ3) is 4.22. The Kier molecular flexibility index (Phi) is 5.77. The van der Waals surface area contributed by atoms with E-state index in [1.807, 2.05) is 22.9 Å². The van der Waals surface area contributed by atoms with Gasteiger partial charge in [0.2, 0.25) is 5.78 Å². The number of nitrogens with zero attached hydrogens (tertiary/aromatic N) is 3. The molecule has 10 aromatic carbocycles. The van der Waals surface area contributed by atoms with Crippen molar-refractivity contribution in [2.45, 2.75) is 0 Å². The van der Waals surface area contributed by atoms with Gasteiger partial charge in [0.1, 0.15) is 0 Å². The Labute approximate surface area is 304 Å². The molecular weight excluding hydrogens is 643 g/mol.